The molecule has 1 heterocycles. The second-order valence-corrected chi connectivity index (χ2v) is 3.76. The number of aromatic nitrogens is 1. The van der Waals surface area contributed by atoms with E-state index < -0.39 is 6.36 Å². The summed E-state index contributed by atoms with van der Waals surface area (Å²) in [4.78, 5) is 4.13. The van der Waals surface area contributed by atoms with E-state index in [2.05, 4.69) is 9.72 Å². The summed E-state index contributed by atoms with van der Waals surface area (Å²) in [6.07, 6.45) is -4.16. The van der Waals surface area contributed by atoms with Crippen molar-refractivity contribution in [2.75, 3.05) is 5.73 Å². The molecule has 0 aliphatic rings. The lowest BCUT2D eigenvalue weighted by molar-refractivity contribution is -0.274. The molecule has 2 aromatic rings. The zero-order valence-electron chi connectivity index (χ0n) is 9.58. The zero-order chi connectivity index (χ0) is 13.3. The van der Waals surface area contributed by atoms with Gasteiger partial charge in [-0.15, -0.1) is 13.2 Å². The number of hydrogen-bond acceptors (Lipinski definition) is 3. The van der Waals surface area contributed by atoms with Crippen LogP contribution in [-0.2, 0) is 6.42 Å². The quantitative estimate of drug-likeness (QED) is 0.897. The second kappa shape index (κ2) is 4.36. The number of benzene rings is 1. The number of para-hydroxylation sites is 1. The standard InChI is InChI=1S/C12H11F3N2O/c1-2-7-6-9(16)8-4-3-5-10(11(8)17-7)18-12(13,14)15/h3-6H,2H2,1H3,(H2,16,17). The minimum absolute atomic E-state index is 0.131. The SMILES string of the molecule is CCc1cc(N)c2cccc(OC(F)(F)F)c2n1. The van der Waals surface area contributed by atoms with Crippen LogP contribution < -0.4 is 10.5 Å². The molecule has 0 bridgehead atoms. The molecule has 0 unspecified atom stereocenters. The van der Waals surface area contributed by atoms with Gasteiger partial charge in [0.25, 0.3) is 0 Å². The normalized spacial score (nSPS) is 11.8. The first-order valence-corrected chi connectivity index (χ1v) is 5.34. The topological polar surface area (TPSA) is 48.1 Å². The molecule has 18 heavy (non-hydrogen) atoms. The lowest BCUT2D eigenvalue weighted by Gasteiger charge is -2.12. The van der Waals surface area contributed by atoms with Crippen molar-refractivity contribution in [3.8, 4) is 5.75 Å². The number of hydrogen-bond donors (Lipinski definition) is 1. The largest absolute Gasteiger partial charge is 0.573 e. The maximum Gasteiger partial charge on any atom is 0.573 e. The summed E-state index contributed by atoms with van der Waals surface area (Å²) >= 11 is 0. The third-order valence-electron chi connectivity index (χ3n) is 2.48. The molecule has 0 saturated heterocycles. The van der Waals surface area contributed by atoms with Crippen molar-refractivity contribution >= 4 is 16.6 Å². The molecule has 0 aliphatic heterocycles. The molecule has 0 fully saturated rings. The second-order valence-electron chi connectivity index (χ2n) is 3.76. The Morgan fingerprint density at radius 3 is 2.67 bits per heavy atom. The number of halogens is 3. The first-order chi connectivity index (χ1) is 8.40. The van der Waals surface area contributed by atoms with Gasteiger partial charge in [0.15, 0.2) is 5.75 Å². The van der Waals surface area contributed by atoms with Crippen LogP contribution in [0.1, 0.15) is 12.6 Å². The van der Waals surface area contributed by atoms with Crippen LogP contribution in [0.5, 0.6) is 5.75 Å². The van der Waals surface area contributed by atoms with Gasteiger partial charge >= 0.3 is 6.36 Å². The van der Waals surface area contributed by atoms with Crippen LogP contribution in [0.3, 0.4) is 0 Å². The third-order valence-corrected chi connectivity index (χ3v) is 2.48. The maximum atomic E-state index is 12.3. The smallest absolute Gasteiger partial charge is 0.403 e. The molecule has 2 rings (SSSR count). The molecule has 6 heteroatoms. The van der Waals surface area contributed by atoms with Crippen molar-refractivity contribution in [3.63, 3.8) is 0 Å². The molecular formula is C12H11F3N2O. The summed E-state index contributed by atoms with van der Waals surface area (Å²) in [7, 11) is 0. The molecule has 0 amide bonds. The van der Waals surface area contributed by atoms with Gasteiger partial charge in [-0.1, -0.05) is 19.1 Å². The molecule has 96 valence electrons. The molecule has 1 aromatic heterocycles. The minimum Gasteiger partial charge on any atom is -0.403 e. The number of rotatable bonds is 2. The van der Waals surface area contributed by atoms with Gasteiger partial charge in [0.05, 0.1) is 0 Å². The molecular weight excluding hydrogens is 245 g/mol. The van der Waals surface area contributed by atoms with Gasteiger partial charge in [0.1, 0.15) is 5.52 Å². The highest BCUT2D eigenvalue weighted by Crippen LogP contribution is 2.32. The van der Waals surface area contributed by atoms with Gasteiger partial charge in [-0.3, -0.25) is 0 Å². The molecule has 0 spiro atoms. The van der Waals surface area contributed by atoms with E-state index in [0.717, 1.165) is 0 Å². The van der Waals surface area contributed by atoms with Gasteiger partial charge in [-0.05, 0) is 18.6 Å². The minimum atomic E-state index is -4.74. The fraction of sp³-hybridized carbons (Fsp3) is 0.250. The highest BCUT2D eigenvalue weighted by molar-refractivity contribution is 5.94. The highest BCUT2D eigenvalue weighted by atomic mass is 19.4. The summed E-state index contributed by atoms with van der Waals surface area (Å²) in [6.45, 7) is 1.85. The number of anilines is 1. The van der Waals surface area contributed by atoms with E-state index in [1.807, 2.05) is 6.92 Å². The van der Waals surface area contributed by atoms with E-state index in [1.54, 1.807) is 12.1 Å². The van der Waals surface area contributed by atoms with Gasteiger partial charge in [0.2, 0.25) is 0 Å². The molecule has 2 N–H and O–H groups in total. The molecule has 3 nitrogen and oxygen atoms in total. The number of alkyl halides is 3. The number of aryl methyl sites for hydroxylation is 1. The first kappa shape index (κ1) is 12.5. The first-order valence-electron chi connectivity index (χ1n) is 5.34. The van der Waals surface area contributed by atoms with Crippen molar-refractivity contribution < 1.29 is 17.9 Å². The van der Waals surface area contributed by atoms with Gasteiger partial charge in [-0.2, -0.15) is 0 Å². The van der Waals surface area contributed by atoms with Crippen LogP contribution in [0.15, 0.2) is 24.3 Å². The number of pyridine rings is 1. The Balaban J connectivity index is 2.63. The van der Waals surface area contributed by atoms with Crippen LogP contribution in [0.2, 0.25) is 0 Å². The van der Waals surface area contributed by atoms with E-state index in [0.29, 0.717) is 23.2 Å². The predicted molar refractivity (Wildman–Crippen MR) is 62.2 cm³/mol. The zero-order valence-corrected chi connectivity index (χ0v) is 9.58. The van der Waals surface area contributed by atoms with Crippen molar-refractivity contribution in [2.24, 2.45) is 0 Å². The van der Waals surface area contributed by atoms with E-state index in [-0.39, 0.29) is 11.3 Å². The van der Waals surface area contributed by atoms with Crippen LogP contribution >= 0.6 is 0 Å². The number of nitrogens with two attached hydrogens (primary N) is 1. The van der Waals surface area contributed by atoms with Crippen LogP contribution in [0.25, 0.3) is 10.9 Å². The van der Waals surface area contributed by atoms with Crippen LogP contribution in [0, 0.1) is 0 Å². The molecule has 1 aromatic carbocycles. The molecule has 0 atom stereocenters. The molecule has 0 radical (unpaired) electrons. The Labute approximate surface area is 101 Å². The number of fused-ring (bicyclic) bond motifs is 1. The molecule has 0 aliphatic carbocycles. The Bertz CT molecular complexity index is 581. The van der Waals surface area contributed by atoms with Gasteiger partial charge in [0, 0.05) is 16.8 Å². The summed E-state index contributed by atoms with van der Waals surface area (Å²) in [5.41, 5.74) is 6.94. The van der Waals surface area contributed by atoms with Crippen LogP contribution in [0.4, 0.5) is 18.9 Å². The fourth-order valence-electron chi connectivity index (χ4n) is 1.69. The van der Waals surface area contributed by atoms with E-state index >= 15 is 0 Å². The van der Waals surface area contributed by atoms with Crippen molar-refractivity contribution in [1.82, 2.24) is 4.98 Å². The predicted octanol–water partition coefficient (Wildman–Crippen LogP) is 3.28. The lowest BCUT2D eigenvalue weighted by atomic mass is 10.1. The van der Waals surface area contributed by atoms with Crippen LogP contribution in [-0.4, -0.2) is 11.3 Å². The average Bonchev–Trinajstić information content (AvgIpc) is 2.28. The number of nitrogen functional groups attached to an aromatic ring is 1. The van der Waals surface area contributed by atoms with Crippen molar-refractivity contribution in [2.45, 2.75) is 19.7 Å². The Hall–Kier alpha value is -1.98. The monoisotopic (exact) mass is 256 g/mol. The Morgan fingerprint density at radius 1 is 1.33 bits per heavy atom. The summed E-state index contributed by atoms with van der Waals surface area (Å²) in [5, 5.41) is 0.453. The average molecular weight is 256 g/mol. The highest BCUT2D eigenvalue weighted by Gasteiger charge is 2.32. The van der Waals surface area contributed by atoms with E-state index in [1.165, 1.54) is 12.1 Å². The number of ether oxygens (including phenoxy) is 1. The Kier molecular flexibility index (Phi) is 3.02. The lowest BCUT2D eigenvalue weighted by Crippen LogP contribution is -2.17. The summed E-state index contributed by atoms with van der Waals surface area (Å²) in [6, 6.07) is 5.94. The fourth-order valence-corrected chi connectivity index (χ4v) is 1.69. The van der Waals surface area contributed by atoms with Crippen molar-refractivity contribution in [1.29, 1.82) is 0 Å². The summed E-state index contributed by atoms with van der Waals surface area (Å²) < 4.78 is 40.8. The maximum absolute atomic E-state index is 12.3. The summed E-state index contributed by atoms with van der Waals surface area (Å²) in [5.74, 6) is -0.331. The third kappa shape index (κ3) is 2.47. The van der Waals surface area contributed by atoms with E-state index in [9.17, 15) is 13.2 Å². The Morgan fingerprint density at radius 2 is 2.06 bits per heavy atom. The number of nitrogens with zero attached hydrogens (tertiary/aromatic N) is 1. The van der Waals surface area contributed by atoms with Crippen molar-refractivity contribution in [3.05, 3.63) is 30.0 Å². The van der Waals surface area contributed by atoms with E-state index in [4.69, 9.17) is 5.73 Å². The van der Waals surface area contributed by atoms with Gasteiger partial charge < -0.3 is 10.5 Å². The van der Waals surface area contributed by atoms with Gasteiger partial charge in [-0.25, -0.2) is 4.98 Å². The molecule has 0 saturated carbocycles.